The lowest BCUT2D eigenvalue weighted by atomic mass is 10.1. The van der Waals surface area contributed by atoms with Crippen LogP contribution in [0, 0.1) is 11.8 Å². The second-order valence-electron chi connectivity index (χ2n) is 39.5. The third-order valence-corrected chi connectivity index (χ3v) is 48.5. The number of ether oxygens (including phenoxy) is 6. The number of hydrogen-bond donors (Lipinski definition) is 3. The predicted molar refractivity (Wildman–Crippen MR) is 564 cm³/mol. The molecule has 3 amide bonds. The summed E-state index contributed by atoms with van der Waals surface area (Å²) in [6, 6.07) is 81.6. The van der Waals surface area contributed by atoms with Gasteiger partial charge in [-0.1, -0.05) is 299 Å². The van der Waals surface area contributed by atoms with Crippen LogP contribution in [-0.2, 0) is 65.2 Å². The molecule has 31 nitrogen and oxygen atoms in total. The summed E-state index contributed by atoms with van der Waals surface area (Å²) in [4.78, 5) is 85.2. The van der Waals surface area contributed by atoms with Crippen LogP contribution in [0.4, 0.5) is 17.5 Å². The second kappa shape index (κ2) is 46.3. The van der Waals surface area contributed by atoms with Crippen LogP contribution in [0.2, 0.25) is 37.8 Å². The van der Waals surface area contributed by atoms with Crippen LogP contribution in [-0.4, -0.2) is 227 Å². The molecule has 7 aromatic carbocycles. The molecule has 3 N–H and O–H groups in total. The van der Waals surface area contributed by atoms with E-state index in [9.17, 15) is 24.0 Å². The number of nitrogens with zero attached hydrogens (tertiary/aromatic N) is 11. The number of hydrogen-bond acceptors (Lipinski definition) is 25. The normalized spacial score (nSPS) is 27.5. The maximum Gasteiger partial charge on any atom is 0.351 e. The van der Waals surface area contributed by atoms with E-state index in [2.05, 4.69) is 263 Å². The van der Waals surface area contributed by atoms with Gasteiger partial charge in [0.25, 0.3) is 31.5 Å². The van der Waals surface area contributed by atoms with E-state index in [0.29, 0.717) is 53.5 Å². The minimum absolute atomic E-state index is 0.0466. The molecule has 0 aliphatic carbocycles. The zero-order valence-electron chi connectivity index (χ0n) is 83.5. The summed E-state index contributed by atoms with van der Waals surface area (Å²) in [6.45, 7) is 23.5. The molecule has 0 bridgehead atoms. The molecular formula is C106H133N14O17P3Si3. The average molecular weight is 2050 g/mol. The molecule has 756 valence electrons. The maximum absolute atomic E-state index is 13.1. The SMILES string of the molecule is CC[C@H]1O[C@@H](n2ccc(NC(=O)C(C)C)nc2=O)[C@@H](OC)C1O[P@@]1O[C@H](C[Si](C)(c2ccccc2)c2ccccc2)[C@@H]2CCCN21.CC[C@H]1O[C@@H](n2ccc(NC(=O)C(C)C)nc2=O)[C@@H](OC)C1O[P@]1O[C@@H](C[Si](C)(c2ccccc2)c2ccccc2)[C@H]2CCCN21.CC[C@H]1O[C@@H](n2cnc3c(NC(=O)c4ccccc4)ncnc32)[C@@H](OC)C1O[P@]1O[C@@H](C[Si](C)(c2ccccc2)c2ccccc2)[C@H]2CCCN21. The second-order valence-corrected chi connectivity index (χ2v) is 56.4. The fourth-order valence-electron chi connectivity index (χ4n) is 21.9. The lowest BCUT2D eigenvalue weighted by Crippen LogP contribution is -2.58. The van der Waals surface area contributed by atoms with Gasteiger partial charge in [0.05, 0.1) is 43.0 Å². The zero-order valence-corrected chi connectivity index (χ0v) is 89.2. The van der Waals surface area contributed by atoms with E-state index >= 15 is 0 Å². The first-order valence-electron chi connectivity index (χ1n) is 50.4. The first kappa shape index (κ1) is 104. The summed E-state index contributed by atoms with van der Waals surface area (Å²) >= 11 is 0. The van der Waals surface area contributed by atoms with E-state index in [1.807, 2.05) is 36.6 Å². The Morgan fingerprint density at radius 3 is 1.00 bits per heavy atom. The van der Waals surface area contributed by atoms with Gasteiger partial charge in [-0.15, -0.1) is 0 Å². The number of rotatable bonds is 33. The highest BCUT2D eigenvalue weighted by molar-refractivity contribution is 7.45. The third-order valence-electron chi connectivity index (χ3n) is 29.9. The standard InChI is InChI=1S/C38H43N6O5PSi.2C34H45N4O6PSi/c1-4-30-33(34(46-2)38(47-30)43-25-41-32-35(39-24-40-36(32)43)42-37(45)26-15-8-5-9-16-26)49-50-44-22-14-21-29(44)31(48-50)23-51(3,27-17-10-6-11-18-27)28-19-12-7-13-20-28;2*1-6-27-30(31(41-4)33(42-27)37-21-19-29(36-34(37)40)35-32(39)23(2)3)44-45-38-20-13-18-26(38)28(43-45)22-46(5,24-14-9-7-10-15-24)25-16-11-8-12-17-25/h5-13,15-20,24-25,29-31,33-34,38H,4,14,21-23H2,1-3H3,(H,39,40,42,45);2*7-12,14-17,19,21,23,26-28,30-31,33H,6,13,18,20,22H2,1-5H3,(H,35,36,39,40)/t29-,30-,31+,33?,34+,38-,50+;26-,27+,28+,30?,31-,33+,45+;26-,27-,28+,30?,31+,33-,45+/m101/s1. The number of carbonyl (C=O) groups excluding carboxylic acids is 3. The van der Waals surface area contributed by atoms with Gasteiger partial charge in [0, 0.05) is 88.9 Å². The van der Waals surface area contributed by atoms with Crippen molar-refractivity contribution in [2.45, 2.75) is 254 Å². The van der Waals surface area contributed by atoms with Gasteiger partial charge >= 0.3 is 11.4 Å². The number of fused-ring (bicyclic) bond motifs is 4. The largest absolute Gasteiger partial charge is 0.374 e. The van der Waals surface area contributed by atoms with E-state index in [1.165, 1.54) is 46.6 Å². The van der Waals surface area contributed by atoms with E-state index in [1.54, 1.807) is 92.0 Å². The fraction of sp³-hybridized carbons (Fsp3) is 0.453. The fourth-order valence-corrected chi connectivity index (χ4v) is 39.8. The Hall–Kier alpha value is -9.40. The summed E-state index contributed by atoms with van der Waals surface area (Å²) in [6.07, 6.45) is 9.43. The van der Waals surface area contributed by atoms with E-state index in [4.69, 9.17) is 55.6 Å². The molecule has 0 radical (unpaired) electrons. The number of benzene rings is 7. The van der Waals surface area contributed by atoms with Crippen molar-refractivity contribution >= 4 is 127 Å². The third kappa shape index (κ3) is 22.0. The molecule has 37 heteroatoms. The Labute approximate surface area is 843 Å². The van der Waals surface area contributed by atoms with E-state index in [-0.39, 0.29) is 83.9 Å². The Kier molecular flexibility index (Phi) is 33.6. The molecule has 4 aromatic heterocycles. The Morgan fingerprint density at radius 1 is 0.399 bits per heavy atom. The Balaban J connectivity index is 0.000000142. The van der Waals surface area contributed by atoms with Gasteiger partial charge in [-0.25, -0.2) is 38.6 Å². The number of amides is 3. The van der Waals surface area contributed by atoms with Crippen molar-refractivity contribution in [1.82, 2.24) is 52.6 Å². The van der Waals surface area contributed by atoms with Crippen molar-refractivity contribution in [3.05, 3.63) is 276 Å². The number of methoxy groups -OCH3 is 3. The van der Waals surface area contributed by atoms with Crippen LogP contribution < -0.4 is 58.5 Å². The number of carbonyl (C=O) groups is 3. The molecule has 9 aliphatic heterocycles. The first-order valence-corrected chi connectivity index (χ1v) is 61.9. The molecule has 143 heavy (non-hydrogen) atoms. The van der Waals surface area contributed by atoms with Crippen molar-refractivity contribution in [2.24, 2.45) is 11.8 Å². The van der Waals surface area contributed by atoms with Crippen molar-refractivity contribution in [1.29, 1.82) is 0 Å². The summed E-state index contributed by atoms with van der Waals surface area (Å²) in [5.74, 6) is -0.395. The highest BCUT2D eigenvalue weighted by Crippen LogP contribution is 2.63. The van der Waals surface area contributed by atoms with E-state index < -0.39 is 110 Å². The van der Waals surface area contributed by atoms with Gasteiger partial charge in [-0.05, 0) is 100 Å². The zero-order chi connectivity index (χ0) is 99.8. The number of aromatic nitrogens is 8. The topological polar surface area (TPSA) is 321 Å². The molecule has 9 saturated heterocycles. The van der Waals surface area contributed by atoms with Crippen LogP contribution in [0.15, 0.2) is 259 Å². The Bertz CT molecular complexity index is 5870. The van der Waals surface area contributed by atoms with Crippen LogP contribution >= 0.6 is 25.6 Å². The number of anilines is 3. The van der Waals surface area contributed by atoms with Crippen LogP contribution in [0.3, 0.4) is 0 Å². The highest BCUT2D eigenvalue weighted by Gasteiger charge is 2.59. The molecule has 0 saturated carbocycles. The summed E-state index contributed by atoms with van der Waals surface area (Å²) in [5.41, 5.74) is 0.464. The molecule has 13 heterocycles. The average Bonchev–Trinajstić information content (AvgIpc) is 1.65. The molecule has 9 fully saturated rings. The molecule has 11 aromatic rings. The molecule has 20 rings (SSSR count). The van der Waals surface area contributed by atoms with Crippen molar-refractivity contribution in [2.75, 3.05) is 56.9 Å². The summed E-state index contributed by atoms with van der Waals surface area (Å²) in [7, 11) is -5.57. The van der Waals surface area contributed by atoms with Crippen molar-refractivity contribution in [3.8, 4) is 0 Å². The minimum atomic E-state index is -2.14. The lowest BCUT2D eigenvalue weighted by molar-refractivity contribution is -0.119. The van der Waals surface area contributed by atoms with Gasteiger partial charge in [0.1, 0.15) is 78.8 Å². The molecule has 3 unspecified atom stereocenters. The van der Waals surface area contributed by atoms with Crippen molar-refractivity contribution < 1.29 is 69.9 Å². The van der Waals surface area contributed by atoms with Gasteiger partial charge < -0.3 is 71.5 Å². The van der Waals surface area contributed by atoms with Gasteiger partial charge in [0.15, 0.2) is 35.7 Å². The quantitative estimate of drug-likeness (QED) is 0.0254. The lowest BCUT2D eigenvalue weighted by Gasteiger charge is -2.32. The monoisotopic (exact) mass is 2050 g/mol. The Morgan fingerprint density at radius 2 is 0.706 bits per heavy atom. The number of imidazole rings is 1. The molecular weight excluding hydrogens is 1920 g/mol. The van der Waals surface area contributed by atoms with Crippen LogP contribution in [0.5, 0.6) is 0 Å². The van der Waals surface area contributed by atoms with Crippen LogP contribution in [0.25, 0.3) is 11.2 Å². The first-order chi connectivity index (χ1) is 69.4. The molecule has 21 atom stereocenters. The summed E-state index contributed by atoms with van der Waals surface area (Å²) < 4.78 is 91.4. The van der Waals surface area contributed by atoms with Gasteiger partial charge in [-0.3, -0.25) is 28.1 Å². The smallest absolute Gasteiger partial charge is 0.351 e. The minimum Gasteiger partial charge on any atom is -0.374 e. The van der Waals surface area contributed by atoms with Crippen LogP contribution in [0.1, 0.15) is 135 Å². The maximum atomic E-state index is 13.1. The number of nitrogens with one attached hydrogen (secondary N) is 3. The highest BCUT2D eigenvalue weighted by atomic mass is 31.2. The summed E-state index contributed by atoms with van der Waals surface area (Å²) in [5, 5.41) is 16.7. The predicted octanol–water partition coefficient (Wildman–Crippen LogP) is 14.8. The van der Waals surface area contributed by atoms with Gasteiger partial charge in [0.2, 0.25) is 11.8 Å². The molecule has 0 spiro atoms. The van der Waals surface area contributed by atoms with Crippen molar-refractivity contribution in [3.63, 3.8) is 0 Å². The van der Waals surface area contributed by atoms with E-state index in [0.717, 1.165) is 82.7 Å². The molecule has 9 aliphatic rings. The van der Waals surface area contributed by atoms with Gasteiger partial charge in [-0.2, -0.15) is 9.97 Å².